The van der Waals surface area contributed by atoms with Crippen LogP contribution >= 0.6 is 0 Å². The van der Waals surface area contributed by atoms with Gasteiger partial charge in [0.1, 0.15) is 5.75 Å². The van der Waals surface area contributed by atoms with Crippen molar-refractivity contribution in [2.24, 2.45) is 5.41 Å². The zero-order chi connectivity index (χ0) is 16.1. The Balaban J connectivity index is 1.47. The van der Waals surface area contributed by atoms with Gasteiger partial charge in [0.05, 0.1) is 6.61 Å². The SMILES string of the molecule is CCOC(=O)COc1ccc(CN2CCC3(CCNC3)C2)cc1. The minimum absolute atomic E-state index is 0.0329. The van der Waals surface area contributed by atoms with Crippen molar-refractivity contribution in [1.82, 2.24) is 10.2 Å². The van der Waals surface area contributed by atoms with Crippen LogP contribution < -0.4 is 10.1 Å². The largest absolute Gasteiger partial charge is 0.482 e. The molecule has 5 nitrogen and oxygen atoms in total. The fourth-order valence-corrected chi connectivity index (χ4v) is 3.60. The summed E-state index contributed by atoms with van der Waals surface area (Å²) in [4.78, 5) is 13.8. The second-order valence-electron chi connectivity index (χ2n) is 6.63. The lowest BCUT2D eigenvalue weighted by Crippen LogP contribution is -2.28. The van der Waals surface area contributed by atoms with Gasteiger partial charge in [0.15, 0.2) is 6.61 Å². The molecule has 0 saturated carbocycles. The van der Waals surface area contributed by atoms with E-state index in [2.05, 4.69) is 22.3 Å². The number of benzene rings is 1. The van der Waals surface area contributed by atoms with Gasteiger partial charge in [-0.3, -0.25) is 4.90 Å². The molecule has 3 rings (SSSR count). The minimum atomic E-state index is -0.330. The van der Waals surface area contributed by atoms with E-state index in [0.29, 0.717) is 17.8 Å². The Morgan fingerprint density at radius 3 is 2.83 bits per heavy atom. The molecule has 23 heavy (non-hydrogen) atoms. The summed E-state index contributed by atoms with van der Waals surface area (Å²) in [6.07, 6.45) is 2.62. The Morgan fingerprint density at radius 2 is 2.13 bits per heavy atom. The molecule has 2 aliphatic rings. The van der Waals surface area contributed by atoms with E-state index in [4.69, 9.17) is 9.47 Å². The number of nitrogens with zero attached hydrogens (tertiary/aromatic N) is 1. The molecule has 0 bridgehead atoms. The lowest BCUT2D eigenvalue weighted by molar-refractivity contribution is -0.145. The number of hydrogen-bond donors (Lipinski definition) is 1. The molecular formula is C18H26N2O3. The highest BCUT2D eigenvalue weighted by atomic mass is 16.6. The van der Waals surface area contributed by atoms with E-state index in [9.17, 15) is 4.79 Å². The molecule has 0 radical (unpaired) electrons. The van der Waals surface area contributed by atoms with Crippen LogP contribution in [0.1, 0.15) is 25.3 Å². The second-order valence-corrected chi connectivity index (χ2v) is 6.63. The Labute approximate surface area is 137 Å². The van der Waals surface area contributed by atoms with Crippen molar-refractivity contribution in [3.63, 3.8) is 0 Å². The van der Waals surface area contributed by atoms with Gasteiger partial charge >= 0.3 is 5.97 Å². The van der Waals surface area contributed by atoms with Crippen LogP contribution in [0.2, 0.25) is 0 Å². The van der Waals surface area contributed by atoms with Crippen LogP contribution in [0.4, 0.5) is 0 Å². The summed E-state index contributed by atoms with van der Waals surface area (Å²) in [6.45, 7) is 7.84. The van der Waals surface area contributed by atoms with Crippen LogP contribution in [-0.2, 0) is 16.1 Å². The summed E-state index contributed by atoms with van der Waals surface area (Å²) in [5, 5.41) is 3.50. The molecule has 1 unspecified atom stereocenters. The van der Waals surface area contributed by atoms with Crippen LogP contribution in [0.15, 0.2) is 24.3 Å². The van der Waals surface area contributed by atoms with Crippen molar-refractivity contribution in [1.29, 1.82) is 0 Å². The Bertz CT molecular complexity index is 524. The molecule has 0 aromatic heterocycles. The predicted octanol–water partition coefficient (Wildman–Crippen LogP) is 1.81. The van der Waals surface area contributed by atoms with Crippen molar-refractivity contribution in [2.75, 3.05) is 39.4 Å². The Hall–Kier alpha value is -1.59. The molecule has 126 valence electrons. The summed E-state index contributed by atoms with van der Waals surface area (Å²) in [6, 6.07) is 8.02. The molecule has 1 N–H and O–H groups in total. The number of carbonyl (C=O) groups is 1. The zero-order valence-electron chi connectivity index (χ0n) is 13.8. The number of nitrogens with one attached hydrogen (secondary N) is 1. The molecular weight excluding hydrogens is 292 g/mol. The van der Waals surface area contributed by atoms with Crippen LogP contribution in [0, 0.1) is 5.41 Å². The van der Waals surface area contributed by atoms with Crippen molar-refractivity contribution < 1.29 is 14.3 Å². The van der Waals surface area contributed by atoms with Gasteiger partial charge in [-0.25, -0.2) is 4.79 Å². The summed E-state index contributed by atoms with van der Waals surface area (Å²) in [5.41, 5.74) is 1.80. The van der Waals surface area contributed by atoms with Crippen LogP contribution in [0.5, 0.6) is 5.75 Å². The number of esters is 1. The summed E-state index contributed by atoms with van der Waals surface area (Å²) in [7, 11) is 0. The van der Waals surface area contributed by atoms with E-state index in [1.165, 1.54) is 44.6 Å². The minimum Gasteiger partial charge on any atom is -0.482 e. The topological polar surface area (TPSA) is 50.8 Å². The Kier molecular flexibility index (Phi) is 5.18. The van der Waals surface area contributed by atoms with Gasteiger partial charge < -0.3 is 14.8 Å². The first-order valence-electron chi connectivity index (χ1n) is 8.50. The molecule has 2 fully saturated rings. The summed E-state index contributed by atoms with van der Waals surface area (Å²) < 4.78 is 10.3. The average Bonchev–Trinajstić information content (AvgIpc) is 3.17. The molecule has 1 atom stereocenters. The highest BCUT2D eigenvalue weighted by Gasteiger charge is 2.39. The summed E-state index contributed by atoms with van der Waals surface area (Å²) in [5.74, 6) is 0.379. The molecule has 5 heteroatoms. The maximum atomic E-state index is 11.3. The van der Waals surface area contributed by atoms with E-state index in [-0.39, 0.29) is 12.6 Å². The molecule has 1 spiro atoms. The van der Waals surface area contributed by atoms with Gasteiger partial charge in [-0.1, -0.05) is 12.1 Å². The average molecular weight is 318 g/mol. The fourth-order valence-electron chi connectivity index (χ4n) is 3.60. The van der Waals surface area contributed by atoms with Gasteiger partial charge in [0.25, 0.3) is 0 Å². The fraction of sp³-hybridized carbons (Fsp3) is 0.611. The quantitative estimate of drug-likeness (QED) is 0.811. The third-order valence-corrected chi connectivity index (χ3v) is 4.84. The van der Waals surface area contributed by atoms with Crippen molar-refractivity contribution in [3.8, 4) is 5.75 Å². The molecule has 0 amide bonds. The number of carbonyl (C=O) groups excluding carboxylic acids is 1. The maximum Gasteiger partial charge on any atom is 0.344 e. The third kappa shape index (κ3) is 4.24. The smallest absolute Gasteiger partial charge is 0.344 e. The second kappa shape index (κ2) is 7.32. The first-order valence-corrected chi connectivity index (χ1v) is 8.50. The van der Waals surface area contributed by atoms with Crippen LogP contribution in [-0.4, -0.2) is 50.3 Å². The van der Waals surface area contributed by atoms with E-state index in [1.807, 2.05) is 12.1 Å². The number of ether oxygens (including phenoxy) is 2. The Morgan fingerprint density at radius 1 is 1.30 bits per heavy atom. The molecule has 1 aromatic rings. The van der Waals surface area contributed by atoms with Crippen molar-refractivity contribution in [2.45, 2.75) is 26.3 Å². The predicted molar refractivity (Wildman–Crippen MR) is 88.4 cm³/mol. The van der Waals surface area contributed by atoms with E-state index < -0.39 is 0 Å². The van der Waals surface area contributed by atoms with E-state index >= 15 is 0 Å². The van der Waals surface area contributed by atoms with E-state index in [0.717, 1.165) is 6.54 Å². The number of rotatable bonds is 6. The summed E-state index contributed by atoms with van der Waals surface area (Å²) >= 11 is 0. The molecule has 2 aliphatic heterocycles. The van der Waals surface area contributed by atoms with E-state index in [1.54, 1.807) is 6.92 Å². The zero-order valence-corrected chi connectivity index (χ0v) is 13.8. The highest BCUT2D eigenvalue weighted by molar-refractivity contribution is 5.71. The van der Waals surface area contributed by atoms with Gasteiger partial charge in [0.2, 0.25) is 0 Å². The lowest BCUT2D eigenvalue weighted by atomic mass is 9.86. The monoisotopic (exact) mass is 318 g/mol. The molecule has 1 aromatic carbocycles. The molecule has 2 saturated heterocycles. The van der Waals surface area contributed by atoms with Gasteiger partial charge in [-0.15, -0.1) is 0 Å². The van der Waals surface area contributed by atoms with Gasteiger partial charge in [-0.05, 0) is 56.0 Å². The van der Waals surface area contributed by atoms with Gasteiger partial charge in [0, 0.05) is 19.6 Å². The third-order valence-electron chi connectivity index (χ3n) is 4.84. The lowest BCUT2D eigenvalue weighted by Gasteiger charge is -2.22. The van der Waals surface area contributed by atoms with Crippen molar-refractivity contribution in [3.05, 3.63) is 29.8 Å². The first-order chi connectivity index (χ1) is 11.2. The highest BCUT2D eigenvalue weighted by Crippen LogP contribution is 2.36. The van der Waals surface area contributed by atoms with Crippen molar-refractivity contribution >= 4 is 5.97 Å². The standard InChI is InChI=1S/C18H26N2O3/c1-2-22-17(21)12-23-16-5-3-15(4-6-16)11-20-10-8-18(14-20)7-9-19-13-18/h3-6,19H,2,7-14H2,1H3. The molecule has 2 heterocycles. The maximum absolute atomic E-state index is 11.3. The molecule has 0 aliphatic carbocycles. The first kappa shape index (κ1) is 16.3. The number of hydrogen-bond acceptors (Lipinski definition) is 5. The number of likely N-dealkylation sites (tertiary alicyclic amines) is 1. The van der Waals surface area contributed by atoms with Crippen LogP contribution in [0.25, 0.3) is 0 Å². The van der Waals surface area contributed by atoms with Gasteiger partial charge in [-0.2, -0.15) is 0 Å². The van der Waals surface area contributed by atoms with Crippen LogP contribution in [0.3, 0.4) is 0 Å². The normalized spacial score (nSPS) is 24.2.